The normalized spacial score (nSPS) is 14.8. The molecule has 0 aromatic heterocycles. The molecule has 4 atom stereocenters. The molecule has 0 spiro atoms. The van der Waals surface area contributed by atoms with E-state index in [1.807, 2.05) is 66.7 Å². The molecule has 15 heteroatoms. The summed E-state index contributed by atoms with van der Waals surface area (Å²) in [6, 6.07) is 23.4. The van der Waals surface area contributed by atoms with Gasteiger partial charge in [-0.15, -0.1) is 0 Å². The SMILES string of the molecule is CC(C)[C@H](NC(=O)[C@@H](CC(=O)OCc1ccccc1)NC(=O)[C@@H](N)CCCCNC(=O)CCCCCNC(=O)Cc1ccccc1)C(=O)N1CCC[C@H]1C(=O)OCc1ccccc1. The van der Waals surface area contributed by atoms with Crippen LogP contribution < -0.4 is 27.0 Å². The molecule has 0 radical (unpaired) electrons. The first-order valence-corrected chi connectivity index (χ1v) is 22.1. The van der Waals surface area contributed by atoms with Crippen molar-refractivity contribution in [1.29, 1.82) is 0 Å². The van der Waals surface area contributed by atoms with E-state index in [0.29, 0.717) is 64.6 Å². The van der Waals surface area contributed by atoms with Gasteiger partial charge in [-0.3, -0.25) is 28.8 Å². The van der Waals surface area contributed by atoms with Crippen molar-refractivity contribution in [1.82, 2.24) is 26.2 Å². The number of amides is 5. The summed E-state index contributed by atoms with van der Waals surface area (Å²) in [6.45, 7) is 4.76. The number of unbranched alkanes of at least 4 members (excludes halogenated alkanes) is 3. The van der Waals surface area contributed by atoms with Gasteiger partial charge in [-0.2, -0.15) is 0 Å². The largest absolute Gasteiger partial charge is 0.461 e. The van der Waals surface area contributed by atoms with Gasteiger partial charge >= 0.3 is 11.9 Å². The van der Waals surface area contributed by atoms with Crippen LogP contribution in [0.1, 0.15) is 94.7 Å². The highest BCUT2D eigenvalue weighted by molar-refractivity contribution is 5.96. The van der Waals surface area contributed by atoms with E-state index >= 15 is 0 Å². The average molecular weight is 869 g/mol. The lowest BCUT2D eigenvalue weighted by atomic mass is 10.0. The Labute approximate surface area is 370 Å². The molecule has 0 bridgehead atoms. The smallest absolute Gasteiger partial charge is 0.329 e. The molecule has 1 saturated heterocycles. The minimum Gasteiger partial charge on any atom is -0.461 e. The predicted octanol–water partition coefficient (Wildman–Crippen LogP) is 4.01. The Hall–Kier alpha value is -6.09. The predicted molar refractivity (Wildman–Crippen MR) is 237 cm³/mol. The lowest BCUT2D eigenvalue weighted by Crippen LogP contribution is -2.58. The van der Waals surface area contributed by atoms with E-state index in [1.165, 1.54) is 4.90 Å². The minimum atomic E-state index is -1.42. The third-order valence-corrected chi connectivity index (χ3v) is 10.7. The van der Waals surface area contributed by atoms with E-state index in [-0.39, 0.29) is 31.4 Å². The van der Waals surface area contributed by atoms with Crippen molar-refractivity contribution in [2.45, 2.75) is 122 Å². The van der Waals surface area contributed by atoms with E-state index in [1.54, 1.807) is 38.1 Å². The van der Waals surface area contributed by atoms with Gasteiger partial charge in [-0.25, -0.2) is 4.79 Å². The molecule has 340 valence electrons. The Morgan fingerprint density at radius 2 is 1.25 bits per heavy atom. The van der Waals surface area contributed by atoms with Crippen LogP contribution in [0.3, 0.4) is 0 Å². The van der Waals surface area contributed by atoms with Crippen molar-refractivity contribution in [2.75, 3.05) is 19.6 Å². The first kappa shape index (κ1) is 49.6. The highest BCUT2D eigenvalue weighted by Crippen LogP contribution is 2.22. The number of hydrogen-bond acceptors (Lipinski definition) is 10. The van der Waals surface area contributed by atoms with Gasteiger partial charge in [-0.1, -0.05) is 111 Å². The summed E-state index contributed by atoms with van der Waals surface area (Å²) in [5.41, 5.74) is 8.75. The summed E-state index contributed by atoms with van der Waals surface area (Å²) >= 11 is 0. The molecule has 0 aliphatic carbocycles. The van der Waals surface area contributed by atoms with Crippen LogP contribution in [0.4, 0.5) is 0 Å². The third kappa shape index (κ3) is 18.0. The number of benzene rings is 3. The van der Waals surface area contributed by atoms with Gasteiger partial charge in [0, 0.05) is 26.1 Å². The van der Waals surface area contributed by atoms with Crippen molar-refractivity contribution < 1.29 is 43.0 Å². The van der Waals surface area contributed by atoms with Crippen LogP contribution in [-0.4, -0.2) is 90.2 Å². The second-order valence-electron chi connectivity index (χ2n) is 16.2. The Morgan fingerprint density at radius 1 is 0.683 bits per heavy atom. The minimum absolute atomic E-state index is 0.0301. The first-order chi connectivity index (χ1) is 30.4. The lowest BCUT2D eigenvalue weighted by molar-refractivity contribution is -0.155. The number of carbonyl (C=O) groups excluding carboxylic acids is 7. The fourth-order valence-electron chi connectivity index (χ4n) is 7.09. The lowest BCUT2D eigenvalue weighted by Gasteiger charge is -2.31. The van der Waals surface area contributed by atoms with Crippen molar-refractivity contribution in [3.8, 4) is 0 Å². The number of nitrogens with two attached hydrogens (primary N) is 1. The molecule has 63 heavy (non-hydrogen) atoms. The number of nitrogens with zero attached hydrogens (tertiary/aromatic N) is 1. The second-order valence-corrected chi connectivity index (χ2v) is 16.2. The maximum atomic E-state index is 14.0. The maximum absolute atomic E-state index is 14.0. The zero-order valence-corrected chi connectivity index (χ0v) is 36.6. The fourth-order valence-corrected chi connectivity index (χ4v) is 7.09. The Kier molecular flexibility index (Phi) is 21.3. The monoisotopic (exact) mass is 868 g/mol. The van der Waals surface area contributed by atoms with Crippen LogP contribution in [0, 0.1) is 5.92 Å². The topological polar surface area (TPSA) is 215 Å². The fraction of sp³-hybridized carbons (Fsp3) is 0.479. The number of likely N-dealkylation sites (tertiary alicyclic amines) is 1. The van der Waals surface area contributed by atoms with E-state index in [2.05, 4.69) is 21.3 Å². The Balaban J connectivity index is 1.23. The van der Waals surface area contributed by atoms with Crippen LogP contribution in [0.25, 0.3) is 0 Å². The molecule has 15 nitrogen and oxygen atoms in total. The molecule has 0 unspecified atom stereocenters. The molecule has 1 heterocycles. The van der Waals surface area contributed by atoms with Gasteiger partial charge in [0.05, 0.1) is 18.9 Å². The Morgan fingerprint density at radius 3 is 1.87 bits per heavy atom. The van der Waals surface area contributed by atoms with E-state index < -0.39 is 66.2 Å². The van der Waals surface area contributed by atoms with Crippen LogP contribution in [0.15, 0.2) is 91.0 Å². The molecular formula is C48H64N6O9. The summed E-state index contributed by atoms with van der Waals surface area (Å²) in [4.78, 5) is 93.3. The summed E-state index contributed by atoms with van der Waals surface area (Å²) in [7, 11) is 0. The average Bonchev–Trinajstić information content (AvgIpc) is 3.78. The zero-order chi connectivity index (χ0) is 45.4. The van der Waals surface area contributed by atoms with Gasteiger partial charge < -0.3 is 41.4 Å². The van der Waals surface area contributed by atoms with Crippen molar-refractivity contribution in [3.63, 3.8) is 0 Å². The molecule has 0 saturated carbocycles. The standard InChI is InChI=1S/C48H64N6O9/c1-34(2)44(47(60)54-29-17-25-40(54)48(61)63-33-37-22-11-5-12-23-37)53-46(59)39(31-43(57)62-32-36-20-9-4-10-21-36)52-45(58)38(49)24-14-16-28-50-41(55)26-13-6-15-27-51-42(56)30-35-18-7-3-8-19-35/h3-5,7-12,18-23,34,38-40,44H,6,13-17,24-33,49H2,1-2H3,(H,50,55)(H,51,56)(H,52,58)(H,53,59)/t38-,39+,40-,44-/m0/s1. The van der Waals surface area contributed by atoms with Crippen molar-refractivity contribution in [3.05, 3.63) is 108 Å². The molecule has 1 aliphatic heterocycles. The number of ether oxygens (including phenoxy) is 2. The number of rotatable bonds is 26. The molecule has 1 fully saturated rings. The molecule has 3 aromatic carbocycles. The molecule has 3 aromatic rings. The second kappa shape index (κ2) is 27.1. The van der Waals surface area contributed by atoms with Gasteiger partial charge in [0.2, 0.25) is 29.5 Å². The zero-order valence-electron chi connectivity index (χ0n) is 36.6. The number of hydrogen-bond donors (Lipinski definition) is 5. The third-order valence-electron chi connectivity index (χ3n) is 10.7. The summed E-state index contributed by atoms with van der Waals surface area (Å²) in [5.74, 6) is -3.74. The van der Waals surface area contributed by atoms with E-state index in [9.17, 15) is 33.6 Å². The van der Waals surface area contributed by atoms with E-state index in [4.69, 9.17) is 15.2 Å². The van der Waals surface area contributed by atoms with Crippen LogP contribution in [0.5, 0.6) is 0 Å². The van der Waals surface area contributed by atoms with Crippen LogP contribution in [0.2, 0.25) is 0 Å². The number of nitrogens with one attached hydrogen (secondary N) is 4. The number of esters is 2. The molecule has 4 rings (SSSR count). The summed E-state index contributed by atoms with van der Waals surface area (Å²) < 4.78 is 11.0. The summed E-state index contributed by atoms with van der Waals surface area (Å²) in [6.07, 6.45) is 4.73. The van der Waals surface area contributed by atoms with Crippen molar-refractivity contribution >= 4 is 41.5 Å². The molecule has 5 amide bonds. The van der Waals surface area contributed by atoms with Gasteiger partial charge in [0.25, 0.3) is 0 Å². The van der Waals surface area contributed by atoms with Crippen LogP contribution >= 0.6 is 0 Å². The molecule has 6 N–H and O–H groups in total. The highest BCUT2D eigenvalue weighted by Gasteiger charge is 2.40. The van der Waals surface area contributed by atoms with Gasteiger partial charge in [0.1, 0.15) is 31.3 Å². The summed E-state index contributed by atoms with van der Waals surface area (Å²) in [5, 5.41) is 11.1. The highest BCUT2D eigenvalue weighted by atomic mass is 16.5. The van der Waals surface area contributed by atoms with Gasteiger partial charge in [-0.05, 0) is 67.6 Å². The Bertz CT molecular complexity index is 1910. The van der Waals surface area contributed by atoms with Crippen LogP contribution in [-0.2, 0) is 62.7 Å². The first-order valence-electron chi connectivity index (χ1n) is 22.1. The number of carbonyl (C=O) groups is 7. The quantitative estimate of drug-likeness (QED) is 0.0578. The molecule has 1 aliphatic rings. The maximum Gasteiger partial charge on any atom is 0.329 e. The molecular weight excluding hydrogens is 805 g/mol. The van der Waals surface area contributed by atoms with Gasteiger partial charge in [0.15, 0.2) is 0 Å². The van der Waals surface area contributed by atoms with E-state index in [0.717, 1.165) is 29.5 Å². The van der Waals surface area contributed by atoms with Crippen molar-refractivity contribution in [2.24, 2.45) is 11.7 Å².